The third kappa shape index (κ3) is 2.75. The third-order valence-electron chi connectivity index (χ3n) is 5.25. The Morgan fingerprint density at radius 3 is 2.25 bits per heavy atom. The fourth-order valence-electron chi connectivity index (χ4n) is 3.56. The van der Waals surface area contributed by atoms with Crippen molar-refractivity contribution in [1.82, 2.24) is 0 Å². The number of hydrogen-bond donors (Lipinski definition) is 0. The van der Waals surface area contributed by atoms with Crippen LogP contribution in [0.2, 0.25) is 0 Å². The predicted octanol–water partition coefficient (Wildman–Crippen LogP) is 6.91. The van der Waals surface area contributed by atoms with E-state index in [0.29, 0.717) is 11.1 Å². The number of rotatable bonds is 3. The molecule has 0 saturated heterocycles. The molecule has 1 aromatic heterocycles. The Morgan fingerprint density at radius 2 is 1.67 bits per heavy atom. The largest absolute Gasteiger partial charge is 0.203 e. The van der Waals surface area contributed by atoms with Gasteiger partial charge in [-0.2, -0.15) is 0 Å². The van der Waals surface area contributed by atoms with Crippen molar-refractivity contribution in [3.63, 3.8) is 0 Å². The average Bonchev–Trinajstić information content (AvgIpc) is 2.95. The van der Waals surface area contributed by atoms with E-state index >= 15 is 0 Å². The lowest BCUT2D eigenvalue weighted by Crippen LogP contribution is -2.15. The van der Waals surface area contributed by atoms with E-state index < -0.39 is 11.6 Å². The summed E-state index contributed by atoms with van der Waals surface area (Å²) in [6.07, 6.45) is 9.79. The molecule has 0 spiro atoms. The van der Waals surface area contributed by atoms with Crippen molar-refractivity contribution in [2.75, 3.05) is 0 Å². The Balaban J connectivity index is 1.66. The molecule has 0 unspecified atom stereocenters. The standard InChI is InChI=1S/C21H20F2S/c1-13-5-12-19(24-13)18-11-10-17(20(22)21(18)23)16-8-6-15(7-9-16)14-3-2-4-14/h5-6,8,10-12,14H,2-4,7,9H2,1H3. The first kappa shape index (κ1) is 15.8. The molecule has 2 aliphatic carbocycles. The molecule has 0 radical (unpaired) electrons. The lowest BCUT2D eigenvalue weighted by atomic mass is 9.76. The fraction of sp³-hybridized carbons (Fsp3) is 0.333. The molecule has 0 amide bonds. The minimum Gasteiger partial charge on any atom is -0.203 e. The minimum atomic E-state index is -0.732. The van der Waals surface area contributed by atoms with Gasteiger partial charge >= 0.3 is 0 Å². The van der Waals surface area contributed by atoms with Gasteiger partial charge in [0.15, 0.2) is 11.6 Å². The fourth-order valence-corrected chi connectivity index (χ4v) is 4.45. The van der Waals surface area contributed by atoms with E-state index in [0.717, 1.165) is 34.1 Å². The molecule has 2 aromatic rings. The van der Waals surface area contributed by atoms with Crippen LogP contribution in [0.1, 0.15) is 42.5 Å². The molecule has 0 atom stereocenters. The van der Waals surface area contributed by atoms with Crippen molar-refractivity contribution in [2.24, 2.45) is 5.92 Å². The Morgan fingerprint density at radius 1 is 0.917 bits per heavy atom. The van der Waals surface area contributed by atoms with Crippen LogP contribution in [0.4, 0.5) is 8.78 Å². The molecular formula is C21H20F2S. The van der Waals surface area contributed by atoms with Crippen LogP contribution in [0.25, 0.3) is 16.0 Å². The first-order valence-electron chi connectivity index (χ1n) is 8.58. The van der Waals surface area contributed by atoms with Crippen LogP contribution in [0.3, 0.4) is 0 Å². The normalized spacial score (nSPS) is 18.1. The Hall–Kier alpha value is -1.74. The maximum Gasteiger partial charge on any atom is 0.168 e. The van der Waals surface area contributed by atoms with Crippen molar-refractivity contribution in [3.05, 3.63) is 64.1 Å². The summed E-state index contributed by atoms with van der Waals surface area (Å²) >= 11 is 1.49. The summed E-state index contributed by atoms with van der Waals surface area (Å²) in [5.74, 6) is -0.719. The number of thiophene rings is 1. The van der Waals surface area contributed by atoms with E-state index in [1.54, 1.807) is 12.1 Å². The summed E-state index contributed by atoms with van der Waals surface area (Å²) < 4.78 is 29.2. The van der Waals surface area contributed by atoms with Gasteiger partial charge in [0, 0.05) is 20.9 Å². The second-order valence-electron chi connectivity index (χ2n) is 6.76. The number of aryl methyl sites for hydroxylation is 1. The summed E-state index contributed by atoms with van der Waals surface area (Å²) in [4.78, 5) is 1.87. The van der Waals surface area contributed by atoms with E-state index in [-0.39, 0.29) is 0 Å². The lowest BCUT2D eigenvalue weighted by Gasteiger charge is -2.30. The Kier molecular flexibility index (Phi) is 4.13. The van der Waals surface area contributed by atoms with Crippen LogP contribution in [-0.4, -0.2) is 0 Å². The quantitative estimate of drug-likeness (QED) is 0.569. The smallest absolute Gasteiger partial charge is 0.168 e. The Bertz CT molecular complexity index is 838. The maximum atomic E-state index is 14.6. The van der Waals surface area contributed by atoms with Crippen molar-refractivity contribution in [1.29, 1.82) is 0 Å². The van der Waals surface area contributed by atoms with E-state index in [2.05, 4.69) is 6.08 Å². The number of benzene rings is 1. The average molecular weight is 342 g/mol. The van der Waals surface area contributed by atoms with E-state index in [1.807, 2.05) is 25.1 Å². The van der Waals surface area contributed by atoms with Crippen LogP contribution in [0.5, 0.6) is 0 Å². The summed E-state index contributed by atoms with van der Waals surface area (Å²) in [6.45, 7) is 1.97. The highest BCUT2D eigenvalue weighted by atomic mass is 32.1. The number of allylic oxidation sites excluding steroid dienone is 4. The molecule has 4 rings (SSSR count). The van der Waals surface area contributed by atoms with Crippen molar-refractivity contribution < 1.29 is 8.78 Å². The molecule has 3 heteroatoms. The van der Waals surface area contributed by atoms with Gasteiger partial charge in [-0.3, -0.25) is 0 Å². The lowest BCUT2D eigenvalue weighted by molar-refractivity contribution is 0.359. The monoisotopic (exact) mass is 342 g/mol. The zero-order valence-electron chi connectivity index (χ0n) is 13.7. The van der Waals surface area contributed by atoms with E-state index in [9.17, 15) is 8.78 Å². The van der Waals surface area contributed by atoms with Crippen LogP contribution >= 0.6 is 11.3 Å². The predicted molar refractivity (Wildman–Crippen MR) is 97.0 cm³/mol. The molecule has 0 bridgehead atoms. The zero-order valence-corrected chi connectivity index (χ0v) is 14.6. The molecule has 1 heterocycles. The van der Waals surface area contributed by atoms with E-state index in [4.69, 9.17) is 0 Å². The molecule has 24 heavy (non-hydrogen) atoms. The van der Waals surface area contributed by atoms with E-state index in [1.165, 1.54) is 36.2 Å². The van der Waals surface area contributed by atoms with Gasteiger partial charge < -0.3 is 0 Å². The van der Waals surface area contributed by atoms with Crippen LogP contribution in [-0.2, 0) is 0 Å². The summed E-state index contributed by atoms with van der Waals surface area (Å²) in [5.41, 5.74) is 3.16. The Labute approximate surface area is 145 Å². The molecule has 1 saturated carbocycles. The summed E-state index contributed by atoms with van der Waals surface area (Å²) in [5, 5.41) is 0. The molecule has 0 N–H and O–H groups in total. The first-order chi connectivity index (χ1) is 11.6. The van der Waals surface area contributed by atoms with Crippen molar-refractivity contribution >= 4 is 16.9 Å². The van der Waals surface area contributed by atoms with Gasteiger partial charge in [-0.15, -0.1) is 11.3 Å². The van der Waals surface area contributed by atoms with Gasteiger partial charge in [-0.1, -0.05) is 30.2 Å². The highest BCUT2D eigenvalue weighted by molar-refractivity contribution is 7.15. The molecule has 0 aliphatic heterocycles. The molecule has 1 fully saturated rings. The zero-order chi connectivity index (χ0) is 16.7. The van der Waals surface area contributed by atoms with Gasteiger partial charge in [0.05, 0.1) is 0 Å². The van der Waals surface area contributed by atoms with Crippen LogP contribution < -0.4 is 0 Å². The number of hydrogen-bond acceptors (Lipinski definition) is 1. The highest BCUT2D eigenvalue weighted by Gasteiger charge is 2.24. The molecule has 0 nitrogen and oxygen atoms in total. The van der Waals surface area contributed by atoms with Gasteiger partial charge in [-0.25, -0.2) is 8.78 Å². The maximum absolute atomic E-state index is 14.6. The van der Waals surface area contributed by atoms with Gasteiger partial charge in [0.2, 0.25) is 0 Å². The second kappa shape index (κ2) is 6.29. The summed E-state index contributed by atoms with van der Waals surface area (Å²) in [7, 11) is 0. The van der Waals surface area contributed by atoms with Crippen LogP contribution in [0.15, 0.2) is 42.0 Å². The van der Waals surface area contributed by atoms with Gasteiger partial charge in [-0.05, 0) is 62.3 Å². The number of halogens is 2. The summed E-state index contributed by atoms with van der Waals surface area (Å²) in [6, 6.07) is 7.23. The molecule has 1 aromatic carbocycles. The SMILES string of the molecule is Cc1ccc(-c2ccc(C3=CC=C(C4CCC4)CC3)c(F)c2F)s1. The highest BCUT2D eigenvalue weighted by Crippen LogP contribution is 2.40. The molecule has 124 valence electrons. The second-order valence-corrected chi connectivity index (χ2v) is 8.05. The molecule has 2 aliphatic rings. The molecular weight excluding hydrogens is 322 g/mol. The van der Waals surface area contributed by atoms with Gasteiger partial charge in [0.25, 0.3) is 0 Å². The minimum absolute atomic E-state index is 0.358. The van der Waals surface area contributed by atoms with Gasteiger partial charge in [0.1, 0.15) is 0 Å². The first-order valence-corrected chi connectivity index (χ1v) is 9.40. The topological polar surface area (TPSA) is 0 Å². The third-order valence-corrected chi connectivity index (χ3v) is 6.28. The van der Waals surface area contributed by atoms with Crippen LogP contribution in [0, 0.1) is 24.5 Å². The van der Waals surface area contributed by atoms with Crippen molar-refractivity contribution in [2.45, 2.75) is 39.0 Å². The van der Waals surface area contributed by atoms with Crippen molar-refractivity contribution in [3.8, 4) is 10.4 Å².